The Bertz CT molecular complexity index is 573. The number of halogens is 3. The molecule has 0 aromatic carbocycles. The van der Waals surface area contributed by atoms with Crippen LogP contribution in [0.1, 0.15) is 19.3 Å². The van der Waals surface area contributed by atoms with E-state index in [1.807, 2.05) is 0 Å². The van der Waals surface area contributed by atoms with E-state index in [1.54, 1.807) is 0 Å². The molecule has 1 heterocycles. The lowest BCUT2D eigenvalue weighted by Crippen LogP contribution is -2.45. The average molecular weight is 330 g/mol. The molecule has 0 unspecified atom stereocenters. The second-order valence-corrected chi connectivity index (χ2v) is 6.58. The van der Waals surface area contributed by atoms with Crippen LogP contribution in [0.25, 0.3) is 0 Å². The maximum absolute atomic E-state index is 12.4. The van der Waals surface area contributed by atoms with Gasteiger partial charge in [-0.05, 0) is 12.8 Å². The van der Waals surface area contributed by atoms with Crippen molar-refractivity contribution >= 4 is 16.1 Å². The summed E-state index contributed by atoms with van der Waals surface area (Å²) >= 11 is 0. The zero-order valence-electron chi connectivity index (χ0n) is 11.0. The first kappa shape index (κ1) is 16.1. The Hall–Kier alpha value is -1.29. The number of carbonyl (C=O) groups excluding carboxylic acids is 1. The zero-order chi connectivity index (χ0) is 15.9. The van der Waals surface area contributed by atoms with Crippen molar-refractivity contribution in [3.8, 4) is 0 Å². The molecule has 1 aliphatic carbocycles. The highest BCUT2D eigenvalue weighted by Gasteiger charge is 2.51. The summed E-state index contributed by atoms with van der Waals surface area (Å²) in [5.41, 5.74) is -6.20. The third-order valence-electron chi connectivity index (χ3n) is 3.52. The Balaban J connectivity index is 2.33. The third-order valence-corrected chi connectivity index (χ3v) is 4.51. The number of ether oxygens (including phenoxy) is 2. The van der Waals surface area contributed by atoms with Crippen LogP contribution in [0, 0.1) is 5.41 Å². The number of carbonyl (C=O) groups is 1. The predicted octanol–water partition coefficient (Wildman–Crippen LogP) is 1.48. The number of hydrogen-bond acceptors (Lipinski definition) is 6. The lowest BCUT2D eigenvalue weighted by Gasteiger charge is -2.44. The number of hydrogen-bond donors (Lipinski definition) is 0. The molecule has 6 nitrogen and oxygen atoms in total. The van der Waals surface area contributed by atoms with Crippen molar-refractivity contribution in [2.45, 2.75) is 24.8 Å². The largest absolute Gasteiger partial charge is 0.534 e. The topological polar surface area (TPSA) is 78.9 Å². The molecular formula is C11H13F3O6S. The van der Waals surface area contributed by atoms with Gasteiger partial charge in [0.2, 0.25) is 0 Å². The minimum absolute atomic E-state index is 0.0821. The lowest BCUT2D eigenvalue weighted by atomic mass is 9.72. The van der Waals surface area contributed by atoms with Crippen LogP contribution in [0.4, 0.5) is 13.2 Å². The number of methoxy groups -OCH3 is 1. The van der Waals surface area contributed by atoms with Crippen molar-refractivity contribution in [2.24, 2.45) is 5.41 Å². The molecule has 1 saturated heterocycles. The van der Waals surface area contributed by atoms with Crippen molar-refractivity contribution < 1.29 is 40.0 Å². The van der Waals surface area contributed by atoms with Gasteiger partial charge in [0.1, 0.15) is 5.76 Å². The summed E-state index contributed by atoms with van der Waals surface area (Å²) in [6.07, 6.45) is 0.474. The quantitative estimate of drug-likeness (QED) is 0.443. The predicted molar refractivity (Wildman–Crippen MR) is 62.2 cm³/mol. The number of allylic oxidation sites excluding steroid dienone is 1. The van der Waals surface area contributed by atoms with E-state index < -0.39 is 32.8 Å². The fraction of sp³-hybridized carbons (Fsp3) is 0.727. The molecule has 1 fully saturated rings. The molecule has 120 valence electrons. The summed E-state index contributed by atoms with van der Waals surface area (Å²) < 4.78 is 73.1. The maximum Gasteiger partial charge on any atom is 0.534 e. The Kier molecular flexibility index (Phi) is 3.96. The summed E-state index contributed by atoms with van der Waals surface area (Å²) in [7, 11) is -4.76. The summed E-state index contributed by atoms with van der Waals surface area (Å²) in [6, 6.07) is 0. The zero-order valence-corrected chi connectivity index (χ0v) is 11.8. The van der Waals surface area contributed by atoms with Crippen molar-refractivity contribution in [1.82, 2.24) is 0 Å². The molecule has 0 saturated carbocycles. The van der Waals surface area contributed by atoms with E-state index in [1.165, 1.54) is 0 Å². The second kappa shape index (κ2) is 5.16. The Morgan fingerprint density at radius 2 is 1.95 bits per heavy atom. The van der Waals surface area contributed by atoms with Gasteiger partial charge in [0.15, 0.2) is 0 Å². The first-order chi connectivity index (χ1) is 9.60. The number of alkyl halides is 3. The van der Waals surface area contributed by atoms with E-state index in [9.17, 15) is 26.4 Å². The van der Waals surface area contributed by atoms with Gasteiger partial charge in [0.05, 0.1) is 25.9 Å². The Morgan fingerprint density at radius 1 is 1.33 bits per heavy atom. The van der Waals surface area contributed by atoms with E-state index in [0.717, 1.165) is 7.11 Å². The first-order valence-electron chi connectivity index (χ1n) is 5.99. The van der Waals surface area contributed by atoms with Crippen LogP contribution < -0.4 is 0 Å². The summed E-state index contributed by atoms with van der Waals surface area (Å²) in [4.78, 5) is 11.6. The standard InChI is InChI=1S/C11H13F3O6S/c1-18-9(15)7-2-3-10(5-19-6-10)4-8(7)20-21(16,17)11(12,13)14/h2-6H2,1H3. The van der Waals surface area contributed by atoms with Crippen LogP contribution in [0.3, 0.4) is 0 Å². The molecule has 0 atom stereocenters. The molecule has 0 radical (unpaired) electrons. The Labute approximate surface area is 119 Å². The van der Waals surface area contributed by atoms with E-state index in [0.29, 0.717) is 19.6 Å². The SMILES string of the molecule is COC(=O)C1=C(OS(=O)(=O)C(F)(F)F)CC2(CC1)COC2. The summed E-state index contributed by atoms with van der Waals surface area (Å²) in [6.45, 7) is 0.584. The van der Waals surface area contributed by atoms with E-state index >= 15 is 0 Å². The fourth-order valence-corrected chi connectivity index (χ4v) is 2.82. The van der Waals surface area contributed by atoms with Gasteiger partial charge in [-0.1, -0.05) is 0 Å². The van der Waals surface area contributed by atoms with Crippen molar-refractivity contribution in [2.75, 3.05) is 20.3 Å². The smallest absolute Gasteiger partial charge is 0.466 e. The monoisotopic (exact) mass is 330 g/mol. The van der Waals surface area contributed by atoms with Gasteiger partial charge in [0.25, 0.3) is 0 Å². The molecule has 0 amide bonds. The highest BCUT2D eigenvalue weighted by atomic mass is 32.2. The third kappa shape index (κ3) is 3.00. The lowest BCUT2D eigenvalue weighted by molar-refractivity contribution is -0.140. The van der Waals surface area contributed by atoms with Crippen molar-refractivity contribution in [3.63, 3.8) is 0 Å². The molecule has 2 rings (SSSR count). The molecule has 2 aliphatic rings. The average Bonchev–Trinajstić information content (AvgIpc) is 2.34. The normalized spacial score (nSPS) is 21.9. The van der Waals surface area contributed by atoms with Gasteiger partial charge in [-0.15, -0.1) is 0 Å². The summed E-state index contributed by atoms with van der Waals surface area (Å²) in [5, 5.41) is 0. The molecule has 0 bridgehead atoms. The van der Waals surface area contributed by atoms with E-state index in [4.69, 9.17) is 4.74 Å². The molecule has 0 aromatic heterocycles. The molecule has 10 heteroatoms. The van der Waals surface area contributed by atoms with Crippen molar-refractivity contribution in [1.29, 1.82) is 0 Å². The number of rotatable bonds is 3. The van der Waals surface area contributed by atoms with Crippen LogP contribution >= 0.6 is 0 Å². The van der Waals surface area contributed by atoms with Crippen molar-refractivity contribution in [3.05, 3.63) is 11.3 Å². The summed E-state index contributed by atoms with van der Waals surface area (Å²) in [5.74, 6) is -1.40. The van der Waals surface area contributed by atoms with Crippen LogP contribution in [-0.4, -0.2) is 40.2 Å². The molecule has 0 N–H and O–H groups in total. The van der Waals surface area contributed by atoms with E-state index in [-0.39, 0.29) is 18.4 Å². The van der Waals surface area contributed by atoms with Gasteiger partial charge in [-0.2, -0.15) is 21.6 Å². The van der Waals surface area contributed by atoms with Crippen LogP contribution in [0.15, 0.2) is 11.3 Å². The minimum atomic E-state index is -5.81. The maximum atomic E-state index is 12.4. The molecule has 21 heavy (non-hydrogen) atoms. The van der Waals surface area contributed by atoms with Gasteiger partial charge in [-0.3, -0.25) is 0 Å². The van der Waals surface area contributed by atoms with Gasteiger partial charge in [0, 0.05) is 11.8 Å². The molecular weight excluding hydrogens is 317 g/mol. The minimum Gasteiger partial charge on any atom is -0.466 e. The fourth-order valence-electron chi connectivity index (χ4n) is 2.30. The van der Waals surface area contributed by atoms with Gasteiger partial charge >= 0.3 is 21.6 Å². The Morgan fingerprint density at radius 3 is 2.38 bits per heavy atom. The second-order valence-electron chi connectivity index (χ2n) is 5.05. The van der Waals surface area contributed by atoms with Gasteiger partial charge in [-0.25, -0.2) is 4.79 Å². The number of esters is 1. The van der Waals surface area contributed by atoms with Crippen LogP contribution in [0.2, 0.25) is 0 Å². The molecule has 1 aliphatic heterocycles. The highest BCUT2D eigenvalue weighted by Crippen LogP contribution is 2.46. The van der Waals surface area contributed by atoms with Gasteiger partial charge < -0.3 is 13.7 Å². The van der Waals surface area contributed by atoms with Crippen LogP contribution in [0.5, 0.6) is 0 Å². The molecule has 1 spiro atoms. The molecule has 0 aromatic rings. The highest BCUT2D eigenvalue weighted by molar-refractivity contribution is 7.87. The van der Waals surface area contributed by atoms with E-state index in [2.05, 4.69) is 8.92 Å². The van der Waals surface area contributed by atoms with Crippen LogP contribution in [-0.2, 0) is 28.6 Å². The first-order valence-corrected chi connectivity index (χ1v) is 7.40.